The van der Waals surface area contributed by atoms with E-state index in [9.17, 15) is 9.59 Å². The fourth-order valence-electron chi connectivity index (χ4n) is 3.46. The van der Waals surface area contributed by atoms with E-state index >= 15 is 0 Å². The zero-order valence-electron chi connectivity index (χ0n) is 15.3. The molecule has 2 fully saturated rings. The van der Waals surface area contributed by atoms with Gasteiger partial charge in [0.1, 0.15) is 11.9 Å². The van der Waals surface area contributed by atoms with Crippen molar-refractivity contribution in [2.75, 3.05) is 31.6 Å². The number of aromatic nitrogens is 1. The highest BCUT2D eigenvalue weighted by Gasteiger charge is 2.27. The van der Waals surface area contributed by atoms with Crippen LogP contribution in [0.2, 0.25) is 0 Å². The molecule has 1 aromatic rings. The molecule has 1 saturated carbocycles. The normalized spacial score (nSPS) is 22.7. The van der Waals surface area contributed by atoms with Crippen molar-refractivity contribution in [2.24, 2.45) is 5.92 Å². The number of anilines is 1. The van der Waals surface area contributed by atoms with Gasteiger partial charge in [-0.15, -0.1) is 0 Å². The van der Waals surface area contributed by atoms with Crippen LogP contribution in [0.5, 0.6) is 0 Å². The van der Waals surface area contributed by atoms with Gasteiger partial charge in [0.15, 0.2) is 0 Å². The van der Waals surface area contributed by atoms with Gasteiger partial charge in [-0.2, -0.15) is 0 Å². The molecule has 1 aliphatic heterocycles. The maximum absolute atomic E-state index is 12.2. The lowest BCUT2D eigenvalue weighted by Gasteiger charge is -2.29. The fraction of sp³-hybridized carbons (Fsp3) is 0.632. The van der Waals surface area contributed by atoms with E-state index in [1.807, 2.05) is 6.07 Å². The Morgan fingerprint density at radius 1 is 1.19 bits per heavy atom. The molecule has 7 heteroatoms. The van der Waals surface area contributed by atoms with Crippen LogP contribution in [0.25, 0.3) is 0 Å². The van der Waals surface area contributed by atoms with Crippen molar-refractivity contribution in [3.05, 3.63) is 24.4 Å². The third-order valence-corrected chi connectivity index (χ3v) is 5.13. The van der Waals surface area contributed by atoms with Gasteiger partial charge in [0.05, 0.1) is 6.61 Å². The Kier molecular flexibility index (Phi) is 6.30. The first-order valence-electron chi connectivity index (χ1n) is 9.40. The van der Waals surface area contributed by atoms with Crippen LogP contribution in [0.4, 0.5) is 15.4 Å². The number of hydrogen-bond acceptors (Lipinski definition) is 5. The molecule has 0 N–H and O–H groups in total. The molecule has 2 heterocycles. The van der Waals surface area contributed by atoms with Gasteiger partial charge in [-0.3, -0.25) is 4.90 Å². The molecular weight excluding hydrogens is 334 g/mol. The Morgan fingerprint density at radius 3 is 2.58 bits per heavy atom. The quantitative estimate of drug-likeness (QED) is 0.821. The summed E-state index contributed by atoms with van der Waals surface area (Å²) >= 11 is 0. The Bertz CT molecular complexity index is 596. The lowest BCUT2D eigenvalue weighted by Crippen LogP contribution is -2.34. The standard InChI is InChI=1S/C19H27N3O4/c1-21(17-6-2-3-11-20-17)18(23)26-16-9-7-15(8-10-16)14-25-19(24)22-12-4-5-13-22/h2-3,6,11,15-16H,4-5,7-10,12-14H2,1H3. The van der Waals surface area contributed by atoms with E-state index in [2.05, 4.69) is 4.98 Å². The third-order valence-electron chi connectivity index (χ3n) is 5.13. The zero-order valence-corrected chi connectivity index (χ0v) is 15.3. The summed E-state index contributed by atoms with van der Waals surface area (Å²) in [5, 5.41) is 0. The predicted octanol–water partition coefficient (Wildman–Crippen LogP) is 3.45. The van der Waals surface area contributed by atoms with Crippen molar-refractivity contribution >= 4 is 18.0 Å². The van der Waals surface area contributed by atoms with E-state index in [1.165, 1.54) is 4.90 Å². The van der Waals surface area contributed by atoms with E-state index in [0.717, 1.165) is 51.6 Å². The van der Waals surface area contributed by atoms with Crippen molar-refractivity contribution in [3.63, 3.8) is 0 Å². The molecule has 142 valence electrons. The minimum Gasteiger partial charge on any atom is -0.449 e. The molecule has 1 aromatic heterocycles. The molecular formula is C19H27N3O4. The summed E-state index contributed by atoms with van der Waals surface area (Å²) in [6.45, 7) is 2.08. The summed E-state index contributed by atoms with van der Waals surface area (Å²) < 4.78 is 11.0. The number of carbonyl (C=O) groups excluding carboxylic acids is 2. The molecule has 0 radical (unpaired) electrons. The number of nitrogens with zero attached hydrogens (tertiary/aromatic N) is 3. The number of carbonyl (C=O) groups is 2. The summed E-state index contributed by atoms with van der Waals surface area (Å²) in [4.78, 5) is 31.5. The first-order chi connectivity index (χ1) is 12.6. The van der Waals surface area contributed by atoms with Crippen LogP contribution in [0, 0.1) is 5.92 Å². The van der Waals surface area contributed by atoms with Gasteiger partial charge in [-0.25, -0.2) is 14.6 Å². The first kappa shape index (κ1) is 18.5. The zero-order chi connectivity index (χ0) is 18.4. The average molecular weight is 361 g/mol. The molecule has 0 atom stereocenters. The SMILES string of the molecule is CN(C(=O)OC1CCC(COC(=O)N2CCCC2)CC1)c1ccccn1. The van der Waals surface area contributed by atoms with Crippen LogP contribution in [-0.4, -0.2) is 54.9 Å². The van der Waals surface area contributed by atoms with Crippen LogP contribution >= 0.6 is 0 Å². The molecule has 7 nitrogen and oxygen atoms in total. The van der Waals surface area contributed by atoms with Crippen molar-refractivity contribution in [1.82, 2.24) is 9.88 Å². The van der Waals surface area contributed by atoms with Crippen molar-refractivity contribution in [2.45, 2.75) is 44.6 Å². The fourth-order valence-corrected chi connectivity index (χ4v) is 3.46. The highest BCUT2D eigenvalue weighted by Crippen LogP contribution is 2.27. The predicted molar refractivity (Wildman–Crippen MR) is 97.0 cm³/mol. The molecule has 1 aliphatic carbocycles. The minimum atomic E-state index is -0.382. The van der Waals surface area contributed by atoms with Gasteiger partial charge in [0.25, 0.3) is 0 Å². The molecule has 0 aromatic carbocycles. The number of ether oxygens (including phenoxy) is 2. The Balaban J connectivity index is 1.37. The van der Waals surface area contributed by atoms with E-state index in [1.54, 1.807) is 30.3 Å². The second-order valence-electron chi connectivity index (χ2n) is 7.04. The first-order valence-corrected chi connectivity index (χ1v) is 9.40. The van der Waals surface area contributed by atoms with Crippen molar-refractivity contribution in [1.29, 1.82) is 0 Å². The lowest BCUT2D eigenvalue weighted by atomic mass is 9.88. The number of amides is 2. The maximum Gasteiger partial charge on any atom is 0.415 e. The summed E-state index contributed by atoms with van der Waals surface area (Å²) in [7, 11) is 1.66. The molecule has 0 unspecified atom stereocenters. The topological polar surface area (TPSA) is 72.0 Å². The van der Waals surface area contributed by atoms with Gasteiger partial charge < -0.3 is 14.4 Å². The molecule has 3 rings (SSSR count). The van der Waals surface area contributed by atoms with Crippen LogP contribution in [0.3, 0.4) is 0 Å². The summed E-state index contributed by atoms with van der Waals surface area (Å²) in [5.74, 6) is 0.921. The summed E-state index contributed by atoms with van der Waals surface area (Å²) in [6, 6.07) is 5.41. The van der Waals surface area contributed by atoms with Gasteiger partial charge in [0, 0.05) is 26.3 Å². The van der Waals surface area contributed by atoms with Crippen molar-refractivity contribution < 1.29 is 19.1 Å². The second kappa shape index (κ2) is 8.87. The molecule has 0 bridgehead atoms. The molecule has 0 spiro atoms. The highest BCUT2D eigenvalue weighted by molar-refractivity contribution is 5.85. The molecule has 2 amide bonds. The average Bonchev–Trinajstić information content (AvgIpc) is 3.22. The van der Waals surface area contributed by atoms with E-state index < -0.39 is 0 Å². The number of pyridine rings is 1. The van der Waals surface area contributed by atoms with Crippen LogP contribution < -0.4 is 4.90 Å². The monoisotopic (exact) mass is 361 g/mol. The van der Waals surface area contributed by atoms with Crippen LogP contribution in [0.1, 0.15) is 38.5 Å². The molecule has 1 saturated heterocycles. The maximum atomic E-state index is 12.2. The Hall–Kier alpha value is -2.31. The van der Waals surface area contributed by atoms with E-state index in [-0.39, 0.29) is 18.3 Å². The van der Waals surface area contributed by atoms with Crippen LogP contribution in [0.15, 0.2) is 24.4 Å². The number of rotatable bonds is 4. The van der Waals surface area contributed by atoms with Gasteiger partial charge >= 0.3 is 12.2 Å². The Labute approximate surface area is 154 Å². The Morgan fingerprint density at radius 2 is 1.92 bits per heavy atom. The van der Waals surface area contributed by atoms with Crippen molar-refractivity contribution in [3.8, 4) is 0 Å². The van der Waals surface area contributed by atoms with Crippen LogP contribution in [-0.2, 0) is 9.47 Å². The lowest BCUT2D eigenvalue weighted by molar-refractivity contribution is 0.0476. The van der Waals surface area contributed by atoms with Gasteiger partial charge in [-0.05, 0) is 56.6 Å². The third kappa shape index (κ3) is 4.86. The van der Waals surface area contributed by atoms with Gasteiger partial charge in [0.2, 0.25) is 0 Å². The van der Waals surface area contributed by atoms with Gasteiger partial charge in [-0.1, -0.05) is 6.07 Å². The molecule has 2 aliphatic rings. The summed E-state index contributed by atoms with van der Waals surface area (Å²) in [6.07, 6.45) is 6.53. The number of likely N-dealkylation sites (tertiary alicyclic amines) is 1. The smallest absolute Gasteiger partial charge is 0.415 e. The summed E-state index contributed by atoms with van der Waals surface area (Å²) in [5.41, 5.74) is 0. The van der Waals surface area contributed by atoms with E-state index in [0.29, 0.717) is 18.3 Å². The minimum absolute atomic E-state index is 0.0841. The largest absolute Gasteiger partial charge is 0.449 e. The second-order valence-corrected chi connectivity index (χ2v) is 7.04. The molecule has 26 heavy (non-hydrogen) atoms. The highest BCUT2D eigenvalue weighted by atomic mass is 16.6. The van der Waals surface area contributed by atoms with E-state index in [4.69, 9.17) is 9.47 Å². The number of hydrogen-bond donors (Lipinski definition) is 0.